The molecule has 2 aromatic rings. The van der Waals surface area contributed by atoms with Crippen molar-refractivity contribution in [2.24, 2.45) is 0 Å². The van der Waals surface area contributed by atoms with Gasteiger partial charge in [0.15, 0.2) is 0 Å². The number of carbonyl (C=O) groups is 1. The van der Waals surface area contributed by atoms with E-state index in [0.717, 1.165) is 35.4 Å². The number of hydrogen-bond acceptors (Lipinski definition) is 3. The summed E-state index contributed by atoms with van der Waals surface area (Å²) in [6.07, 6.45) is 4.87. The van der Waals surface area contributed by atoms with Crippen LogP contribution in [0.1, 0.15) is 36.8 Å². The first kappa shape index (κ1) is 17.8. The maximum Gasteiger partial charge on any atom is 0.319 e. The van der Waals surface area contributed by atoms with Crippen LogP contribution >= 0.6 is 0 Å². The van der Waals surface area contributed by atoms with Gasteiger partial charge in [-0.2, -0.15) is 5.26 Å². The van der Waals surface area contributed by atoms with E-state index in [1.807, 2.05) is 48.5 Å². The first-order chi connectivity index (χ1) is 12.7. The largest absolute Gasteiger partial charge is 0.489 e. The summed E-state index contributed by atoms with van der Waals surface area (Å²) in [6, 6.07) is 17.4. The van der Waals surface area contributed by atoms with Crippen LogP contribution in [0.3, 0.4) is 0 Å². The summed E-state index contributed by atoms with van der Waals surface area (Å²) in [7, 11) is 0. The molecule has 5 nitrogen and oxygen atoms in total. The van der Waals surface area contributed by atoms with Gasteiger partial charge in [0.25, 0.3) is 0 Å². The van der Waals surface area contributed by atoms with Gasteiger partial charge in [0.05, 0.1) is 12.5 Å². The van der Waals surface area contributed by atoms with Gasteiger partial charge in [-0.25, -0.2) is 4.79 Å². The van der Waals surface area contributed by atoms with Gasteiger partial charge in [-0.3, -0.25) is 0 Å². The topological polar surface area (TPSA) is 74.1 Å². The monoisotopic (exact) mass is 349 g/mol. The standard InChI is InChI=1S/C21H23N3O2/c22-14-13-16-9-11-19(12-10-16)26-15-17-5-1-4-8-20(17)24-21(25)23-18-6-2-3-7-18/h1,4-5,8-12,18H,2-3,6-7,13,15H2,(H2,23,24,25). The third-order valence-corrected chi connectivity index (χ3v) is 4.56. The molecule has 0 atom stereocenters. The molecular weight excluding hydrogens is 326 g/mol. The van der Waals surface area contributed by atoms with Crippen LogP contribution in [0.5, 0.6) is 5.75 Å². The van der Waals surface area contributed by atoms with Crippen LogP contribution < -0.4 is 15.4 Å². The zero-order valence-corrected chi connectivity index (χ0v) is 14.7. The van der Waals surface area contributed by atoms with E-state index in [1.165, 1.54) is 12.8 Å². The van der Waals surface area contributed by atoms with Crippen molar-refractivity contribution in [1.29, 1.82) is 5.26 Å². The van der Waals surface area contributed by atoms with Crippen LogP contribution in [0.2, 0.25) is 0 Å². The predicted molar refractivity (Wildman–Crippen MR) is 101 cm³/mol. The molecule has 1 saturated carbocycles. The van der Waals surface area contributed by atoms with Gasteiger partial charge in [-0.1, -0.05) is 43.2 Å². The molecule has 2 amide bonds. The van der Waals surface area contributed by atoms with Crippen LogP contribution in [0.15, 0.2) is 48.5 Å². The van der Waals surface area contributed by atoms with Crippen LogP contribution in [0, 0.1) is 11.3 Å². The highest BCUT2D eigenvalue weighted by Crippen LogP contribution is 2.21. The molecule has 1 aliphatic rings. The SMILES string of the molecule is N#CCc1ccc(OCc2ccccc2NC(=O)NC2CCCC2)cc1. The summed E-state index contributed by atoms with van der Waals surface area (Å²) in [5.74, 6) is 0.733. The number of benzene rings is 2. The second-order valence-corrected chi connectivity index (χ2v) is 6.50. The Morgan fingerprint density at radius 1 is 1.12 bits per heavy atom. The van der Waals surface area contributed by atoms with Crippen LogP contribution in [-0.2, 0) is 13.0 Å². The zero-order chi connectivity index (χ0) is 18.2. The molecular formula is C21H23N3O2. The summed E-state index contributed by atoms with van der Waals surface area (Å²) >= 11 is 0. The van der Waals surface area contributed by atoms with Gasteiger partial charge in [0.2, 0.25) is 0 Å². The van der Waals surface area contributed by atoms with E-state index in [-0.39, 0.29) is 12.1 Å². The molecule has 134 valence electrons. The number of para-hydroxylation sites is 1. The van der Waals surface area contributed by atoms with Crippen molar-refractivity contribution < 1.29 is 9.53 Å². The van der Waals surface area contributed by atoms with Gasteiger partial charge in [0.1, 0.15) is 12.4 Å². The Morgan fingerprint density at radius 2 is 1.85 bits per heavy atom. The molecule has 2 N–H and O–H groups in total. The highest BCUT2D eigenvalue weighted by molar-refractivity contribution is 5.90. The Morgan fingerprint density at radius 3 is 2.58 bits per heavy atom. The molecule has 0 heterocycles. The summed E-state index contributed by atoms with van der Waals surface area (Å²) in [6.45, 7) is 0.359. The molecule has 0 saturated heterocycles. The number of rotatable bonds is 6. The summed E-state index contributed by atoms with van der Waals surface area (Å²) < 4.78 is 5.83. The molecule has 3 rings (SSSR count). The Kier molecular flexibility index (Phi) is 6.10. The molecule has 1 aliphatic carbocycles. The van der Waals surface area contributed by atoms with E-state index in [4.69, 9.17) is 10.00 Å². The molecule has 0 unspecified atom stereocenters. The van der Waals surface area contributed by atoms with Crippen molar-refractivity contribution in [3.63, 3.8) is 0 Å². The normalized spacial score (nSPS) is 13.8. The number of hydrogen-bond donors (Lipinski definition) is 2. The Balaban J connectivity index is 1.58. The van der Waals surface area contributed by atoms with Crippen molar-refractivity contribution in [1.82, 2.24) is 5.32 Å². The van der Waals surface area contributed by atoms with Gasteiger partial charge in [-0.05, 0) is 36.6 Å². The fourth-order valence-corrected chi connectivity index (χ4v) is 3.14. The highest BCUT2D eigenvalue weighted by atomic mass is 16.5. The van der Waals surface area contributed by atoms with Gasteiger partial charge >= 0.3 is 6.03 Å². The molecule has 0 bridgehead atoms. The van der Waals surface area contributed by atoms with Crippen LogP contribution in [0.4, 0.5) is 10.5 Å². The average molecular weight is 349 g/mol. The lowest BCUT2D eigenvalue weighted by Crippen LogP contribution is -2.36. The molecule has 1 fully saturated rings. The molecule has 0 spiro atoms. The number of carbonyl (C=O) groups excluding carboxylic acids is 1. The van der Waals surface area contributed by atoms with Crippen molar-refractivity contribution in [2.45, 2.75) is 44.8 Å². The van der Waals surface area contributed by atoms with Crippen LogP contribution in [-0.4, -0.2) is 12.1 Å². The Labute approximate surface area is 154 Å². The van der Waals surface area contributed by atoms with Gasteiger partial charge in [0, 0.05) is 17.3 Å². The molecule has 0 aliphatic heterocycles. The smallest absolute Gasteiger partial charge is 0.319 e. The van der Waals surface area contributed by atoms with E-state index < -0.39 is 0 Å². The number of amides is 2. The van der Waals surface area contributed by atoms with E-state index >= 15 is 0 Å². The first-order valence-electron chi connectivity index (χ1n) is 8.99. The molecule has 0 aromatic heterocycles. The van der Waals surface area contributed by atoms with Crippen molar-refractivity contribution in [3.05, 3.63) is 59.7 Å². The maximum atomic E-state index is 12.2. The van der Waals surface area contributed by atoms with Crippen molar-refractivity contribution in [3.8, 4) is 11.8 Å². The van der Waals surface area contributed by atoms with Gasteiger partial charge in [-0.15, -0.1) is 0 Å². The third-order valence-electron chi connectivity index (χ3n) is 4.56. The quantitative estimate of drug-likeness (QED) is 0.812. The van der Waals surface area contributed by atoms with Crippen molar-refractivity contribution >= 4 is 11.7 Å². The van der Waals surface area contributed by atoms with E-state index in [0.29, 0.717) is 13.0 Å². The predicted octanol–water partition coefficient (Wildman–Crippen LogP) is 4.40. The molecule has 2 aromatic carbocycles. The highest BCUT2D eigenvalue weighted by Gasteiger charge is 2.17. The Hall–Kier alpha value is -3.00. The summed E-state index contributed by atoms with van der Waals surface area (Å²) in [4.78, 5) is 12.2. The lowest BCUT2D eigenvalue weighted by molar-refractivity contribution is 0.248. The second-order valence-electron chi connectivity index (χ2n) is 6.50. The van der Waals surface area contributed by atoms with Crippen molar-refractivity contribution in [2.75, 3.05) is 5.32 Å². The summed E-state index contributed by atoms with van der Waals surface area (Å²) in [5.41, 5.74) is 2.63. The number of nitriles is 1. The lowest BCUT2D eigenvalue weighted by atomic mass is 10.1. The minimum atomic E-state index is -0.162. The lowest BCUT2D eigenvalue weighted by Gasteiger charge is -2.15. The molecule has 0 radical (unpaired) electrons. The average Bonchev–Trinajstić information content (AvgIpc) is 3.15. The minimum absolute atomic E-state index is 0.162. The number of nitrogens with zero attached hydrogens (tertiary/aromatic N) is 1. The minimum Gasteiger partial charge on any atom is -0.489 e. The number of anilines is 1. The third kappa shape index (κ3) is 5.00. The molecule has 5 heteroatoms. The fraction of sp³-hybridized carbons (Fsp3) is 0.333. The van der Waals surface area contributed by atoms with Crippen LogP contribution in [0.25, 0.3) is 0 Å². The Bertz CT molecular complexity index is 775. The van der Waals surface area contributed by atoms with Gasteiger partial charge < -0.3 is 15.4 Å². The van der Waals surface area contributed by atoms with E-state index in [2.05, 4.69) is 16.7 Å². The molecule has 26 heavy (non-hydrogen) atoms. The first-order valence-corrected chi connectivity index (χ1v) is 8.99. The van der Waals surface area contributed by atoms with E-state index in [1.54, 1.807) is 0 Å². The van der Waals surface area contributed by atoms with E-state index in [9.17, 15) is 4.79 Å². The zero-order valence-electron chi connectivity index (χ0n) is 14.7. The summed E-state index contributed by atoms with van der Waals surface area (Å²) in [5, 5.41) is 14.7. The number of urea groups is 1. The fourth-order valence-electron chi connectivity index (χ4n) is 3.14. The number of ether oxygens (including phenoxy) is 1. The number of nitrogens with one attached hydrogen (secondary N) is 2. The maximum absolute atomic E-state index is 12.2. The second kappa shape index (κ2) is 8.91.